The molecule has 25 heavy (non-hydrogen) atoms. The van der Waals surface area contributed by atoms with Crippen LogP contribution in [0.2, 0.25) is 0 Å². The smallest absolute Gasteiger partial charge is 0.259 e. The third kappa shape index (κ3) is 3.40. The van der Waals surface area contributed by atoms with Crippen molar-refractivity contribution in [2.24, 2.45) is 5.73 Å². The Kier molecular flexibility index (Phi) is 4.56. The molecule has 0 heterocycles. The number of fused-ring (bicyclic) bond motifs is 1. The molecule has 0 saturated carbocycles. The van der Waals surface area contributed by atoms with Crippen LogP contribution >= 0.6 is 0 Å². The Bertz CT molecular complexity index is 806. The second kappa shape index (κ2) is 6.52. The number of ether oxygens (including phenoxy) is 1. The van der Waals surface area contributed by atoms with E-state index in [1.807, 2.05) is 36.4 Å². The molecule has 3 N–H and O–H groups in total. The number of nitrogens with one attached hydrogen (secondary N) is 1. The van der Waals surface area contributed by atoms with Gasteiger partial charge in [0.05, 0.1) is 12.7 Å². The molecule has 0 aromatic heterocycles. The van der Waals surface area contributed by atoms with Gasteiger partial charge in [0.1, 0.15) is 5.75 Å². The van der Waals surface area contributed by atoms with Crippen LogP contribution in [0.25, 0.3) is 0 Å². The highest BCUT2D eigenvalue weighted by Gasteiger charge is 2.23. The molecule has 1 aliphatic carbocycles. The number of benzene rings is 2. The van der Waals surface area contributed by atoms with Gasteiger partial charge < -0.3 is 15.8 Å². The molecular weight excluding hydrogens is 312 g/mol. The summed E-state index contributed by atoms with van der Waals surface area (Å²) < 4.78 is 5.47. The summed E-state index contributed by atoms with van der Waals surface area (Å²) in [7, 11) is 1.60. The number of anilines is 1. The fourth-order valence-corrected chi connectivity index (χ4v) is 3.34. The largest absolute Gasteiger partial charge is 0.496 e. The fraction of sp³-hybridized carbons (Fsp3) is 0.381. The van der Waals surface area contributed by atoms with Gasteiger partial charge in [0.2, 0.25) is 0 Å². The number of rotatable bonds is 3. The van der Waals surface area contributed by atoms with Crippen molar-refractivity contribution >= 4 is 11.6 Å². The van der Waals surface area contributed by atoms with Gasteiger partial charge in [-0.05, 0) is 53.1 Å². The van der Waals surface area contributed by atoms with Crippen LogP contribution in [0.15, 0.2) is 36.4 Å². The molecule has 1 unspecified atom stereocenters. The lowest BCUT2D eigenvalue weighted by molar-refractivity contribution is 0.102. The zero-order chi connectivity index (χ0) is 18.2. The summed E-state index contributed by atoms with van der Waals surface area (Å²) in [5, 5.41) is 3.04. The van der Waals surface area contributed by atoms with Crippen LogP contribution < -0.4 is 15.8 Å². The monoisotopic (exact) mass is 338 g/mol. The zero-order valence-corrected chi connectivity index (χ0v) is 15.3. The molecule has 0 aliphatic heterocycles. The maximum absolute atomic E-state index is 12.8. The molecule has 132 valence electrons. The summed E-state index contributed by atoms with van der Waals surface area (Å²) in [6.45, 7) is 6.41. The second-order valence-electron chi connectivity index (χ2n) is 7.64. The van der Waals surface area contributed by atoms with E-state index in [4.69, 9.17) is 10.5 Å². The molecule has 2 aromatic carbocycles. The third-order valence-corrected chi connectivity index (χ3v) is 4.88. The van der Waals surface area contributed by atoms with Crippen molar-refractivity contribution in [1.82, 2.24) is 0 Å². The van der Waals surface area contributed by atoms with Crippen LogP contribution in [0, 0.1) is 0 Å². The zero-order valence-electron chi connectivity index (χ0n) is 15.3. The summed E-state index contributed by atoms with van der Waals surface area (Å²) in [5.41, 5.74) is 10.9. The lowest BCUT2D eigenvalue weighted by atomic mass is 9.86. The number of methoxy groups -OCH3 is 1. The Balaban J connectivity index is 1.90. The van der Waals surface area contributed by atoms with E-state index < -0.39 is 0 Å². The second-order valence-corrected chi connectivity index (χ2v) is 7.64. The molecule has 1 atom stereocenters. The van der Waals surface area contributed by atoms with Crippen molar-refractivity contribution in [2.45, 2.75) is 45.1 Å². The Morgan fingerprint density at radius 3 is 2.68 bits per heavy atom. The van der Waals surface area contributed by atoms with Gasteiger partial charge >= 0.3 is 0 Å². The lowest BCUT2D eigenvalue weighted by Crippen LogP contribution is -2.16. The molecule has 1 amide bonds. The molecule has 3 rings (SSSR count). The highest BCUT2D eigenvalue weighted by Crippen LogP contribution is 2.35. The van der Waals surface area contributed by atoms with Crippen molar-refractivity contribution in [1.29, 1.82) is 0 Å². The number of nitrogens with two attached hydrogens (primary N) is 1. The Hall–Kier alpha value is -2.33. The maximum atomic E-state index is 12.8. The Morgan fingerprint density at radius 2 is 2.00 bits per heavy atom. The molecule has 0 radical (unpaired) electrons. The van der Waals surface area contributed by atoms with Crippen LogP contribution in [-0.2, 0) is 11.8 Å². The minimum atomic E-state index is -0.161. The minimum Gasteiger partial charge on any atom is -0.496 e. The van der Waals surface area contributed by atoms with Gasteiger partial charge in [0.15, 0.2) is 0 Å². The van der Waals surface area contributed by atoms with E-state index in [-0.39, 0.29) is 17.4 Å². The molecule has 4 nitrogen and oxygen atoms in total. The van der Waals surface area contributed by atoms with Crippen LogP contribution in [0.1, 0.15) is 60.3 Å². The SMILES string of the molecule is COc1cc(C(C)(C)C)ccc1C(=O)Nc1cccc2c1CCC2N. The summed E-state index contributed by atoms with van der Waals surface area (Å²) in [4.78, 5) is 12.8. The highest BCUT2D eigenvalue weighted by molar-refractivity contribution is 6.06. The first-order valence-electron chi connectivity index (χ1n) is 8.68. The van der Waals surface area contributed by atoms with Crippen LogP contribution in [-0.4, -0.2) is 13.0 Å². The van der Waals surface area contributed by atoms with Gasteiger partial charge in [-0.25, -0.2) is 0 Å². The molecular formula is C21H26N2O2. The van der Waals surface area contributed by atoms with Gasteiger partial charge in [0.25, 0.3) is 5.91 Å². The van der Waals surface area contributed by atoms with E-state index >= 15 is 0 Å². The molecule has 2 aromatic rings. The highest BCUT2D eigenvalue weighted by atomic mass is 16.5. The molecule has 1 aliphatic rings. The third-order valence-electron chi connectivity index (χ3n) is 4.88. The van der Waals surface area contributed by atoms with Gasteiger partial charge in [-0.3, -0.25) is 4.79 Å². The number of carbonyl (C=O) groups is 1. The van der Waals surface area contributed by atoms with Crippen molar-refractivity contribution < 1.29 is 9.53 Å². The van der Waals surface area contributed by atoms with Crippen LogP contribution in [0.4, 0.5) is 5.69 Å². The first kappa shape index (κ1) is 17.5. The van der Waals surface area contributed by atoms with Crippen molar-refractivity contribution in [3.05, 3.63) is 58.7 Å². The first-order chi connectivity index (χ1) is 11.8. The van der Waals surface area contributed by atoms with E-state index in [0.29, 0.717) is 11.3 Å². The van der Waals surface area contributed by atoms with Crippen molar-refractivity contribution in [3.63, 3.8) is 0 Å². The Labute approximate surface area is 149 Å². The molecule has 0 spiro atoms. The minimum absolute atomic E-state index is 0.00131. The topological polar surface area (TPSA) is 64.3 Å². The molecule has 4 heteroatoms. The van der Waals surface area contributed by atoms with E-state index in [1.54, 1.807) is 7.11 Å². The van der Waals surface area contributed by atoms with Crippen LogP contribution in [0.3, 0.4) is 0 Å². The van der Waals surface area contributed by atoms with Gasteiger partial charge in [-0.15, -0.1) is 0 Å². The molecule has 0 saturated heterocycles. The number of hydrogen-bond donors (Lipinski definition) is 2. The number of hydrogen-bond acceptors (Lipinski definition) is 3. The van der Waals surface area contributed by atoms with E-state index in [9.17, 15) is 4.79 Å². The summed E-state index contributed by atoms with van der Waals surface area (Å²) in [6, 6.07) is 11.8. The van der Waals surface area contributed by atoms with Gasteiger partial charge in [0, 0.05) is 11.7 Å². The van der Waals surface area contributed by atoms with Gasteiger partial charge in [-0.2, -0.15) is 0 Å². The number of amides is 1. The summed E-state index contributed by atoms with van der Waals surface area (Å²) >= 11 is 0. The first-order valence-corrected chi connectivity index (χ1v) is 8.68. The maximum Gasteiger partial charge on any atom is 0.259 e. The van der Waals surface area contributed by atoms with Crippen molar-refractivity contribution in [2.75, 3.05) is 12.4 Å². The van der Waals surface area contributed by atoms with E-state index in [2.05, 4.69) is 26.1 Å². The number of carbonyl (C=O) groups excluding carboxylic acids is 1. The summed E-state index contributed by atoms with van der Waals surface area (Å²) in [5.74, 6) is 0.431. The summed E-state index contributed by atoms with van der Waals surface area (Å²) in [6.07, 6.45) is 1.82. The average molecular weight is 338 g/mol. The van der Waals surface area contributed by atoms with Gasteiger partial charge in [-0.1, -0.05) is 39.0 Å². The molecule has 0 bridgehead atoms. The fourth-order valence-electron chi connectivity index (χ4n) is 3.34. The van der Waals surface area contributed by atoms with Crippen molar-refractivity contribution in [3.8, 4) is 5.75 Å². The van der Waals surface area contributed by atoms with E-state index in [0.717, 1.165) is 35.2 Å². The Morgan fingerprint density at radius 1 is 1.24 bits per heavy atom. The predicted molar refractivity (Wildman–Crippen MR) is 101 cm³/mol. The molecule has 0 fully saturated rings. The lowest BCUT2D eigenvalue weighted by Gasteiger charge is -2.21. The van der Waals surface area contributed by atoms with Crippen LogP contribution in [0.5, 0.6) is 5.75 Å². The quantitative estimate of drug-likeness (QED) is 0.882. The predicted octanol–water partition coefficient (Wildman–Crippen LogP) is 4.19. The standard InChI is InChI=1S/C21H26N2O2/c1-21(2,3)13-8-9-16(19(12-13)25-4)20(24)23-18-7-5-6-14-15(18)10-11-17(14)22/h5-9,12,17H,10-11,22H2,1-4H3,(H,23,24). The average Bonchev–Trinajstić information content (AvgIpc) is 2.96. The van der Waals surface area contributed by atoms with E-state index in [1.165, 1.54) is 0 Å². The normalized spacial score (nSPS) is 16.4.